The molecule has 0 bridgehead atoms. The maximum Gasteiger partial charge on any atom is 0.423 e. The largest absolute Gasteiger partial charge is 0.507 e. The van der Waals surface area contributed by atoms with E-state index in [1.807, 2.05) is 0 Å². The Labute approximate surface area is 90.3 Å². The predicted molar refractivity (Wildman–Crippen MR) is 60.1 cm³/mol. The highest BCUT2D eigenvalue weighted by atomic mass is 27.1. The summed E-state index contributed by atoms with van der Waals surface area (Å²) in [6, 6.07) is 0. The van der Waals surface area contributed by atoms with Gasteiger partial charge in [-0.1, -0.05) is 57.7 Å². The van der Waals surface area contributed by atoms with E-state index in [2.05, 4.69) is 20.8 Å². The van der Waals surface area contributed by atoms with Gasteiger partial charge in [-0.3, -0.25) is 0 Å². The van der Waals surface area contributed by atoms with Crippen molar-refractivity contribution in [3.63, 3.8) is 0 Å². The van der Waals surface area contributed by atoms with Gasteiger partial charge in [-0.25, -0.2) is 0 Å². The molecule has 0 saturated carbocycles. The zero-order valence-electron chi connectivity index (χ0n) is 9.51. The molecule has 1 radical (unpaired) electrons. The van der Waals surface area contributed by atoms with Crippen LogP contribution in [-0.2, 0) is 3.79 Å². The molecule has 0 aliphatic heterocycles. The van der Waals surface area contributed by atoms with Crippen LogP contribution in [0.25, 0.3) is 0 Å². The van der Waals surface area contributed by atoms with Crippen LogP contribution in [0.4, 0.5) is 0 Å². The van der Waals surface area contributed by atoms with E-state index in [0.717, 1.165) is 12.5 Å². The van der Waals surface area contributed by atoms with E-state index < -0.39 is 0 Å². The molecule has 0 aromatic carbocycles. The van der Waals surface area contributed by atoms with Gasteiger partial charge in [0.1, 0.15) is 0 Å². The van der Waals surface area contributed by atoms with E-state index in [1.54, 1.807) is 0 Å². The first-order valence-electron chi connectivity index (χ1n) is 5.74. The van der Waals surface area contributed by atoms with Crippen LogP contribution >= 0.6 is 0 Å². The molecule has 1 nitrogen and oxygen atoms in total. The summed E-state index contributed by atoms with van der Waals surface area (Å²) in [5.41, 5.74) is 0. The molecule has 0 N–H and O–H groups in total. The second-order valence-electron chi connectivity index (χ2n) is 3.87. The van der Waals surface area contributed by atoms with Crippen molar-refractivity contribution in [1.82, 2.24) is 0 Å². The summed E-state index contributed by atoms with van der Waals surface area (Å²) >= 11 is 0.275. The van der Waals surface area contributed by atoms with Gasteiger partial charge < -0.3 is 3.79 Å². The lowest BCUT2D eigenvalue weighted by molar-refractivity contribution is 0.321. The van der Waals surface area contributed by atoms with Gasteiger partial charge in [-0.05, 0) is 6.42 Å². The maximum atomic E-state index is 5.61. The molecule has 0 aliphatic rings. The van der Waals surface area contributed by atoms with Crippen LogP contribution in [0.3, 0.4) is 0 Å². The maximum absolute atomic E-state index is 5.61. The molecule has 0 fully saturated rings. The molecule has 2 heteroatoms. The smallest absolute Gasteiger partial charge is 0.423 e. The van der Waals surface area contributed by atoms with Crippen molar-refractivity contribution in [2.24, 2.45) is 5.92 Å². The fraction of sp³-hybridized carbons (Fsp3) is 1.00. The molecule has 0 spiro atoms. The van der Waals surface area contributed by atoms with Crippen LogP contribution in [0.15, 0.2) is 0 Å². The van der Waals surface area contributed by atoms with Crippen LogP contribution in [0.1, 0.15) is 52.9 Å². The van der Waals surface area contributed by atoms with E-state index in [0.29, 0.717) is 0 Å². The van der Waals surface area contributed by atoms with Crippen molar-refractivity contribution < 1.29 is 3.79 Å². The first kappa shape index (κ1) is 13.5. The average molecular weight is 199 g/mol. The van der Waals surface area contributed by atoms with E-state index >= 15 is 0 Å². The van der Waals surface area contributed by atoms with Gasteiger partial charge in [0.25, 0.3) is 0 Å². The third-order valence-electron chi connectivity index (χ3n) is 2.28. The zero-order chi connectivity index (χ0) is 9.94. The molecule has 0 aromatic rings. The summed E-state index contributed by atoms with van der Waals surface area (Å²) < 4.78 is 5.61. The fourth-order valence-electron chi connectivity index (χ4n) is 1.21. The monoisotopic (exact) mass is 199 g/mol. The van der Waals surface area contributed by atoms with Crippen molar-refractivity contribution in [2.75, 3.05) is 6.61 Å². The third-order valence-corrected chi connectivity index (χ3v) is 3.75. The number of hydrogen-bond donors (Lipinski definition) is 0. The van der Waals surface area contributed by atoms with Gasteiger partial charge in [0.15, 0.2) is 0 Å². The van der Waals surface area contributed by atoms with Gasteiger partial charge in [0, 0.05) is 6.61 Å². The Morgan fingerprint density at radius 2 is 1.85 bits per heavy atom. The van der Waals surface area contributed by atoms with E-state index in [-0.39, 0.29) is 15.6 Å². The molecule has 0 amide bonds. The highest BCUT2D eigenvalue weighted by molar-refractivity contribution is 6.27. The topological polar surface area (TPSA) is 9.23 Å². The standard InChI is InChI=1S/C7H15.C4H9O.Al/c1-4-5-6-7(2)3;1-2-3-4-5;/h7H,2,4-6H2,1,3H3;2-4H2,1H3;/q;-1;+1. The molecule has 1 unspecified atom stereocenters. The van der Waals surface area contributed by atoms with Crippen LogP contribution in [-0.4, -0.2) is 22.2 Å². The van der Waals surface area contributed by atoms with Gasteiger partial charge in [-0.15, -0.1) is 0 Å². The normalized spacial score (nSPS) is 12.8. The lowest BCUT2D eigenvalue weighted by Gasteiger charge is -2.09. The molecular formula is C11H24AlO. The second kappa shape index (κ2) is 10.6. The molecular weight excluding hydrogens is 175 g/mol. The van der Waals surface area contributed by atoms with Crippen molar-refractivity contribution in [1.29, 1.82) is 0 Å². The summed E-state index contributed by atoms with van der Waals surface area (Å²) in [5.74, 6) is 0.886. The second-order valence-corrected chi connectivity index (χ2v) is 5.01. The minimum absolute atomic E-state index is 0.275. The number of unbranched alkanes of at least 4 members (excludes halogenated alkanes) is 2. The van der Waals surface area contributed by atoms with Crippen molar-refractivity contribution in [3.05, 3.63) is 0 Å². The van der Waals surface area contributed by atoms with Crippen molar-refractivity contribution in [2.45, 2.75) is 58.2 Å². The first-order chi connectivity index (χ1) is 6.31. The number of rotatable bonds is 9. The molecule has 0 saturated heterocycles. The predicted octanol–water partition coefficient (Wildman–Crippen LogP) is 3.67. The Morgan fingerprint density at radius 3 is 2.46 bits per heavy atom. The van der Waals surface area contributed by atoms with E-state index in [4.69, 9.17) is 3.79 Å². The summed E-state index contributed by atoms with van der Waals surface area (Å²) in [4.78, 5) is 0. The minimum Gasteiger partial charge on any atom is -0.507 e. The quantitative estimate of drug-likeness (QED) is 0.406. The fourth-order valence-corrected chi connectivity index (χ4v) is 2.25. The van der Waals surface area contributed by atoms with Crippen LogP contribution < -0.4 is 0 Å². The third kappa shape index (κ3) is 10.4. The van der Waals surface area contributed by atoms with E-state index in [9.17, 15) is 0 Å². The molecule has 0 aromatic heterocycles. The Bertz CT molecular complexity index is 96.1. The highest BCUT2D eigenvalue weighted by Gasteiger charge is 2.03. The van der Waals surface area contributed by atoms with Gasteiger partial charge in [-0.2, -0.15) is 0 Å². The Morgan fingerprint density at radius 1 is 1.15 bits per heavy atom. The molecule has 0 aliphatic carbocycles. The SMILES string of the molecule is CCCC[O][Al][CH2]C(C)CCCC. The van der Waals surface area contributed by atoms with Crippen molar-refractivity contribution >= 4 is 15.6 Å². The minimum atomic E-state index is 0.275. The van der Waals surface area contributed by atoms with Crippen LogP contribution in [0.5, 0.6) is 0 Å². The van der Waals surface area contributed by atoms with E-state index in [1.165, 1.54) is 37.4 Å². The van der Waals surface area contributed by atoms with Crippen molar-refractivity contribution in [3.8, 4) is 0 Å². The summed E-state index contributed by atoms with van der Waals surface area (Å²) in [6.07, 6.45) is 6.59. The Hall–Kier alpha value is 0.492. The lowest BCUT2D eigenvalue weighted by atomic mass is 10.1. The highest BCUT2D eigenvalue weighted by Crippen LogP contribution is 2.11. The summed E-state index contributed by atoms with van der Waals surface area (Å²) in [7, 11) is 0. The van der Waals surface area contributed by atoms with Gasteiger partial charge in [0.05, 0.1) is 0 Å². The number of hydrogen-bond acceptors (Lipinski definition) is 1. The molecule has 77 valence electrons. The first-order valence-corrected chi connectivity index (χ1v) is 7.03. The Kier molecular flexibility index (Phi) is 11.0. The molecule has 0 rings (SSSR count). The Balaban J connectivity index is 3.03. The molecule has 13 heavy (non-hydrogen) atoms. The summed E-state index contributed by atoms with van der Waals surface area (Å²) in [6.45, 7) is 7.82. The lowest BCUT2D eigenvalue weighted by Crippen LogP contribution is -2.05. The van der Waals surface area contributed by atoms with Gasteiger partial charge >= 0.3 is 15.6 Å². The zero-order valence-corrected chi connectivity index (χ0v) is 10.7. The van der Waals surface area contributed by atoms with Gasteiger partial charge in [0.2, 0.25) is 0 Å². The van der Waals surface area contributed by atoms with Crippen LogP contribution in [0, 0.1) is 5.92 Å². The molecule has 0 heterocycles. The average Bonchev–Trinajstić information content (AvgIpc) is 2.14. The molecule has 1 atom stereocenters. The van der Waals surface area contributed by atoms with Crippen LogP contribution in [0.2, 0.25) is 5.28 Å². The summed E-state index contributed by atoms with van der Waals surface area (Å²) in [5, 5.41) is 1.32.